The molecule has 0 spiro atoms. The van der Waals surface area contributed by atoms with E-state index in [4.69, 9.17) is 23.2 Å². The molecule has 1 amide bonds. The van der Waals surface area contributed by atoms with E-state index in [0.717, 1.165) is 12.1 Å². The number of non-ortho nitro benzene ring substituents is 1. The van der Waals surface area contributed by atoms with Crippen molar-refractivity contribution in [2.24, 2.45) is 0 Å². The van der Waals surface area contributed by atoms with Crippen molar-refractivity contribution in [2.45, 2.75) is 0 Å². The second-order valence-corrected chi connectivity index (χ2v) is 4.52. The molecule has 20 heavy (non-hydrogen) atoms. The van der Waals surface area contributed by atoms with E-state index in [0.29, 0.717) is 5.69 Å². The quantitative estimate of drug-likeness (QED) is 0.693. The van der Waals surface area contributed by atoms with Crippen LogP contribution in [0.3, 0.4) is 0 Å². The van der Waals surface area contributed by atoms with Gasteiger partial charge in [0.2, 0.25) is 0 Å². The molecule has 2 aromatic rings. The van der Waals surface area contributed by atoms with Gasteiger partial charge in [0.05, 0.1) is 20.5 Å². The van der Waals surface area contributed by atoms with Crippen molar-refractivity contribution in [1.29, 1.82) is 0 Å². The molecule has 0 aliphatic rings. The number of amides is 1. The van der Waals surface area contributed by atoms with E-state index in [2.05, 4.69) is 10.3 Å². The molecule has 102 valence electrons. The lowest BCUT2D eigenvalue weighted by atomic mass is 10.2. The molecule has 0 saturated heterocycles. The summed E-state index contributed by atoms with van der Waals surface area (Å²) in [5, 5.41) is 13.2. The number of nitro benzene ring substituents is 1. The minimum atomic E-state index is -0.647. The van der Waals surface area contributed by atoms with Crippen LogP contribution in [-0.2, 0) is 0 Å². The Morgan fingerprint density at radius 1 is 1.25 bits per heavy atom. The van der Waals surface area contributed by atoms with Crippen LogP contribution in [0.4, 0.5) is 11.4 Å². The van der Waals surface area contributed by atoms with Gasteiger partial charge in [-0.2, -0.15) is 0 Å². The maximum atomic E-state index is 12.1. The molecule has 6 nitrogen and oxygen atoms in total. The third kappa shape index (κ3) is 3.04. The first-order valence-corrected chi connectivity index (χ1v) is 6.09. The minimum Gasteiger partial charge on any atom is -0.322 e. The molecule has 1 aromatic heterocycles. The summed E-state index contributed by atoms with van der Waals surface area (Å²) in [5.74, 6) is -0.591. The van der Waals surface area contributed by atoms with Crippen LogP contribution in [-0.4, -0.2) is 15.8 Å². The third-order valence-corrected chi connectivity index (χ3v) is 3.21. The molecule has 8 heteroatoms. The van der Waals surface area contributed by atoms with Gasteiger partial charge in [-0.3, -0.25) is 19.9 Å². The highest BCUT2D eigenvalue weighted by atomic mass is 35.5. The number of halogens is 2. The van der Waals surface area contributed by atoms with E-state index >= 15 is 0 Å². The van der Waals surface area contributed by atoms with Gasteiger partial charge in [0.25, 0.3) is 11.6 Å². The van der Waals surface area contributed by atoms with E-state index in [9.17, 15) is 14.9 Å². The van der Waals surface area contributed by atoms with Crippen molar-refractivity contribution in [1.82, 2.24) is 4.98 Å². The molecule has 0 unspecified atom stereocenters. The standard InChI is InChI=1S/C12H7Cl2N3O3/c13-10-6-8(17(19)20)5-9(11(10)14)12(18)16-7-1-3-15-4-2-7/h1-6H,(H,15,16,18). The van der Waals surface area contributed by atoms with E-state index in [-0.39, 0.29) is 21.3 Å². The predicted octanol–water partition coefficient (Wildman–Crippen LogP) is 3.55. The maximum Gasteiger partial charge on any atom is 0.271 e. The number of hydrogen-bond donors (Lipinski definition) is 1. The summed E-state index contributed by atoms with van der Waals surface area (Å²) < 4.78 is 0. The number of hydrogen-bond acceptors (Lipinski definition) is 4. The average molecular weight is 312 g/mol. The first kappa shape index (κ1) is 14.2. The highest BCUT2D eigenvalue weighted by molar-refractivity contribution is 6.44. The number of nitrogens with zero attached hydrogens (tertiary/aromatic N) is 2. The molecule has 0 radical (unpaired) electrons. The number of nitro groups is 1. The van der Waals surface area contributed by atoms with Crippen LogP contribution in [0.15, 0.2) is 36.7 Å². The van der Waals surface area contributed by atoms with Crippen LogP contribution in [0.25, 0.3) is 0 Å². The van der Waals surface area contributed by atoms with Crippen molar-refractivity contribution >= 4 is 40.5 Å². The lowest BCUT2D eigenvalue weighted by molar-refractivity contribution is -0.384. The summed E-state index contributed by atoms with van der Waals surface area (Å²) in [6.07, 6.45) is 3.00. The highest BCUT2D eigenvalue weighted by Gasteiger charge is 2.19. The van der Waals surface area contributed by atoms with Crippen molar-refractivity contribution in [3.8, 4) is 0 Å². The molecule has 0 bridgehead atoms. The molecule has 1 heterocycles. The molecular weight excluding hydrogens is 305 g/mol. The molecule has 0 aliphatic heterocycles. The Hall–Kier alpha value is -2.18. The van der Waals surface area contributed by atoms with E-state index in [1.165, 1.54) is 12.4 Å². The SMILES string of the molecule is O=C(Nc1ccncc1)c1cc([N+](=O)[O-])cc(Cl)c1Cl. The van der Waals surface area contributed by atoms with Crippen molar-refractivity contribution in [3.05, 3.63) is 62.4 Å². The summed E-state index contributed by atoms with van der Waals surface area (Å²) in [6, 6.07) is 5.31. The van der Waals surface area contributed by atoms with Crippen molar-refractivity contribution < 1.29 is 9.72 Å². The number of pyridine rings is 1. The van der Waals surface area contributed by atoms with Crippen LogP contribution in [0.5, 0.6) is 0 Å². The number of nitrogens with one attached hydrogen (secondary N) is 1. The molecule has 0 atom stereocenters. The normalized spacial score (nSPS) is 10.1. The lowest BCUT2D eigenvalue weighted by Gasteiger charge is -2.07. The fourth-order valence-corrected chi connectivity index (χ4v) is 1.89. The van der Waals surface area contributed by atoms with Crippen LogP contribution >= 0.6 is 23.2 Å². The van der Waals surface area contributed by atoms with Crippen LogP contribution < -0.4 is 5.32 Å². The summed E-state index contributed by atoms with van der Waals surface area (Å²) >= 11 is 11.7. The first-order chi connectivity index (χ1) is 9.49. The molecule has 0 fully saturated rings. The molecule has 1 aromatic carbocycles. The van der Waals surface area contributed by atoms with E-state index in [1.807, 2.05) is 0 Å². The summed E-state index contributed by atoms with van der Waals surface area (Å²) in [4.78, 5) is 26.0. The first-order valence-electron chi connectivity index (χ1n) is 5.34. The Kier molecular flexibility index (Phi) is 4.16. The molecule has 0 saturated carbocycles. The highest BCUT2D eigenvalue weighted by Crippen LogP contribution is 2.31. The summed E-state index contributed by atoms with van der Waals surface area (Å²) in [7, 11) is 0. The third-order valence-electron chi connectivity index (χ3n) is 2.41. The van der Waals surface area contributed by atoms with Crippen LogP contribution in [0, 0.1) is 10.1 Å². The fourth-order valence-electron chi connectivity index (χ4n) is 1.48. The van der Waals surface area contributed by atoms with Gasteiger partial charge in [-0.25, -0.2) is 0 Å². The average Bonchev–Trinajstić information content (AvgIpc) is 2.42. The topological polar surface area (TPSA) is 85.1 Å². The zero-order chi connectivity index (χ0) is 14.7. The van der Waals surface area contributed by atoms with Gasteiger partial charge in [0.1, 0.15) is 0 Å². The summed E-state index contributed by atoms with van der Waals surface area (Å²) in [6.45, 7) is 0. The predicted molar refractivity (Wildman–Crippen MR) is 75.3 cm³/mol. The Labute approximate surface area is 123 Å². The molecule has 0 aliphatic carbocycles. The Balaban J connectivity index is 2.36. The maximum absolute atomic E-state index is 12.1. The van der Waals surface area contributed by atoms with Gasteiger partial charge < -0.3 is 5.32 Å². The molecule has 2 rings (SSSR count). The number of carbonyl (C=O) groups excluding carboxylic acids is 1. The second kappa shape index (κ2) is 5.85. The Bertz CT molecular complexity index is 677. The Morgan fingerprint density at radius 2 is 1.90 bits per heavy atom. The lowest BCUT2D eigenvalue weighted by Crippen LogP contribution is -2.13. The van der Waals surface area contributed by atoms with Crippen molar-refractivity contribution in [3.63, 3.8) is 0 Å². The largest absolute Gasteiger partial charge is 0.322 e. The summed E-state index contributed by atoms with van der Waals surface area (Å²) in [5.41, 5.74) is 0.116. The number of rotatable bonds is 3. The number of carbonyl (C=O) groups is 1. The van der Waals surface area contributed by atoms with Gasteiger partial charge in [-0.1, -0.05) is 23.2 Å². The monoisotopic (exact) mass is 311 g/mol. The van der Waals surface area contributed by atoms with Gasteiger partial charge in [0.15, 0.2) is 0 Å². The number of benzene rings is 1. The zero-order valence-corrected chi connectivity index (χ0v) is 11.4. The smallest absolute Gasteiger partial charge is 0.271 e. The molecular formula is C12H7Cl2N3O3. The minimum absolute atomic E-state index is 0.0381. The number of aromatic nitrogens is 1. The van der Waals surface area contributed by atoms with Gasteiger partial charge in [0, 0.05) is 30.2 Å². The van der Waals surface area contributed by atoms with Gasteiger partial charge >= 0.3 is 0 Å². The Morgan fingerprint density at radius 3 is 2.50 bits per heavy atom. The van der Waals surface area contributed by atoms with Gasteiger partial charge in [-0.05, 0) is 12.1 Å². The zero-order valence-electron chi connectivity index (χ0n) is 9.84. The van der Waals surface area contributed by atoms with Crippen LogP contribution in [0.2, 0.25) is 10.0 Å². The number of anilines is 1. The fraction of sp³-hybridized carbons (Fsp3) is 0. The van der Waals surface area contributed by atoms with Crippen molar-refractivity contribution in [2.75, 3.05) is 5.32 Å². The van der Waals surface area contributed by atoms with Crippen LogP contribution in [0.1, 0.15) is 10.4 Å². The second-order valence-electron chi connectivity index (χ2n) is 3.74. The van der Waals surface area contributed by atoms with E-state index in [1.54, 1.807) is 12.1 Å². The van der Waals surface area contributed by atoms with Gasteiger partial charge in [-0.15, -0.1) is 0 Å². The van der Waals surface area contributed by atoms with E-state index < -0.39 is 10.8 Å². The molecule has 1 N–H and O–H groups in total.